The van der Waals surface area contributed by atoms with Gasteiger partial charge in [0.05, 0.1) is 16.4 Å². The Hall–Kier alpha value is -2.85. The average molecular weight is 605 g/mol. The van der Waals surface area contributed by atoms with Crippen LogP contribution in [-0.2, 0) is 0 Å². The summed E-state index contributed by atoms with van der Waals surface area (Å²) in [5.41, 5.74) is 1.66. The van der Waals surface area contributed by atoms with Crippen LogP contribution >= 0.6 is 34.0 Å². The van der Waals surface area contributed by atoms with Crippen LogP contribution in [0.25, 0.3) is 30.6 Å². The molecule has 1 aromatic carbocycles. The van der Waals surface area contributed by atoms with E-state index in [0.29, 0.717) is 11.5 Å². The first-order valence-electron chi connectivity index (χ1n) is 14.9. The van der Waals surface area contributed by atoms with Crippen molar-refractivity contribution in [3.05, 3.63) is 58.3 Å². The van der Waals surface area contributed by atoms with Crippen molar-refractivity contribution in [3.8, 4) is 54.0 Å². The third-order valence-corrected chi connectivity index (χ3v) is 10.3. The predicted octanol–water partition coefficient (Wildman–Crippen LogP) is 11.5. The van der Waals surface area contributed by atoms with E-state index < -0.39 is 0 Å². The van der Waals surface area contributed by atoms with Crippen molar-refractivity contribution in [2.75, 3.05) is 6.61 Å². The van der Waals surface area contributed by atoms with E-state index in [1.807, 2.05) is 30.3 Å². The second-order valence-electron chi connectivity index (χ2n) is 10.2. The Kier molecular flexibility index (Phi) is 12.6. The molecular weight excluding hydrogens is 565 g/mol. The standard InChI is InChI=1S/C35H40O3S3/c1-3-5-7-9-10-11-12-13-15-26-16-18-33(39-26)29-23-30(37)28(24-31(29)38-22-14-8-6-4-2)32-20-21-35(41-32)34-19-17-27(25-36)40-34/h16-21,23-25,37H,3-12,14,22H2,1-2H3. The molecule has 0 unspecified atom stereocenters. The highest BCUT2D eigenvalue weighted by Gasteiger charge is 2.17. The number of benzene rings is 1. The molecule has 0 saturated carbocycles. The Balaban J connectivity index is 1.53. The highest BCUT2D eigenvalue weighted by Crippen LogP contribution is 2.46. The number of ether oxygens (including phenoxy) is 1. The Labute approximate surface area is 257 Å². The molecule has 3 aromatic heterocycles. The number of phenols is 1. The van der Waals surface area contributed by atoms with Gasteiger partial charge in [-0.15, -0.1) is 34.0 Å². The fraction of sp³-hybridized carbons (Fsp3) is 0.400. The van der Waals surface area contributed by atoms with Crippen molar-refractivity contribution in [3.63, 3.8) is 0 Å². The molecule has 0 amide bonds. The lowest BCUT2D eigenvalue weighted by atomic mass is 10.1. The van der Waals surface area contributed by atoms with Crippen LogP contribution in [0.3, 0.4) is 0 Å². The zero-order chi connectivity index (χ0) is 28.9. The van der Waals surface area contributed by atoms with E-state index in [4.69, 9.17) is 4.74 Å². The summed E-state index contributed by atoms with van der Waals surface area (Å²) in [4.78, 5) is 17.0. The van der Waals surface area contributed by atoms with Crippen LogP contribution in [0.15, 0.2) is 48.5 Å². The number of aromatic hydroxyl groups is 1. The van der Waals surface area contributed by atoms with Gasteiger partial charge in [-0.25, -0.2) is 0 Å². The maximum Gasteiger partial charge on any atom is 0.160 e. The molecule has 0 radical (unpaired) electrons. The van der Waals surface area contributed by atoms with Crippen LogP contribution < -0.4 is 4.74 Å². The Morgan fingerprint density at radius 3 is 2.17 bits per heavy atom. The van der Waals surface area contributed by atoms with Crippen molar-refractivity contribution in [2.45, 2.75) is 84.5 Å². The Bertz CT molecular complexity index is 1450. The molecule has 0 aliphatic carbocycles. The molecule has 3 heterocycles. The molecule has 0 aliphatic heterocycles. The maximum atomic E-state index is 11.2. The minimum atomic E-state index is 0.232. The number of unbranched alkanes of at least 4 members (excludes halogenated alkanes) is 9. The van der Waals surface area contributed by atoms with E-state index >= 15 is 0 Å². The molecule has 4 rings (SSSR count). The number of hydrogen-bond donors (Lipinski definition) is 1. The van der Waals surface area contributed by atoms with Gasteiger partial charge in [0, 0.05) is 37.1 Å². The minimum Gasteiger partial charge on any atom is -0.507 e. The van der Waals surface area contributed by atoms with Gasteiger partial charge >= 0.3 is 0 Å². The molecule has 0 spiro atoms. The highest BCUT2D eigenvalue weighted by molar-refractivity contribution is 7.24. The monoisotopic (exact) mass is 604 g/mol. The SMILES string of the molecule is CCCCCCCCC#Cc1ccc(-c2cc(O)c(-c3ccc(-c4ccc(C=O)s4)s3)cc2OCCCCCC)s1. The van der Waals surface area contributed by atoms with Crippen LogP contribution in [0.2, 0.25) is 0 Å². The number of thiophene rings is 3. The van der Waals surface area contributed by atoms with Crippen LogP contribution in [0.5, 0.6) is 11.5 Å². The molecule has 0 fully saturated rings. The van der Waals surface area contributed by atoms with Gasteiger partial charge in [-0.2, -0.15) is 0 Å². The van der Waals surface area contributed by atoms with Gasteiger partial charge in [-0.3, -0.25) is 4.79 Å². The smallest absolute Gasteiger partial charge is 0.160 e. The van der Waals surface area contributed by atoms with Crippen LogP contribution in [0, 0.1) is 11.8 Å². The molecule has 0 atom stereocenters. The molecule has 1 N–H and O–H groups in total. The lowest BCUT2D eigenvalue weighted by Crippen LogP contribution is -1.99. The molecule has 0 saturated heterocycles. The zero-order valence-corrected chi connectivity index (χ0v) is 26.6. The lowest BCUT2D eigenvalue weighted by molar-refractivity contribution is 0.112. The van der Waals surface area contributed by atoms with E-state index in [1.54, 1.807) is 22.7 Å². The molecule has 3 nitrogen and oxygen atoms in total. The summed E-state index contributed by atoms with van der Waals surface area (Å²) in [7, 11) is 0. The summed E-state index contributed by atoms with van der Waals surface area (Å²) in [6, 6.07) is 15.9. The average Bonchev–Trinajstić information content (AvgIpc) is 3.76. The van der Waals surface area contributed by atoms with E-state index in [1.165, 1.54) is 56.3 Å². The number of rotatable bonds is 16. The summed E-state index contributed by atoms with van der Waals surface area (Å²) in [5.74, 6) is 7.72. The van der Waals surface area contributed by atoms with Crippen LogP contribution in [-0.4, -0.2) is 18.0 Å². The van der Waals surface area contributed by atoms with Gasteiger partial charge in [0.1, 0.15) is 11.5 Å². The molecule has 0 aliphatic rings. The van der Waals surface area contributed by atoms with Gasteiger partial charge in [0.25, 0.3) is 0 Å². The number of phenolic OH excluding ortho intramolecular Hbond substituents is 1. The number of carbonyl (C=O) groups excluding carboxylic acids is 1. The predicted molar refractivity (Wildman–Crippen MR) is 178 cm³/mol. The maximum absolute atomic E-state index is 11.2. The summed E-state index contributed by atoms with van der Waals surface area (Å²) < 4.78 is 6.35. The third-order valence-electron chi connectivity index (χ3n) is 6.95. The second kappa shape index (κ2) is 16.6. The van der Waals surface area contributed by atoms with Gasteiger partial charge in [-0.05, 0) is 61.4 Å². The summed E-state index contributed by atoms with van der Waals surface area (Å²) >= 11 is 4.74. The largest absolute Gasteiger partial charge is 0.507 e. The van der Waals surface area contributed by atoms with Crippen LogP contribution in [0.4, 0.5) is 0 Å². The second-order valence-corrected chi connectivity index (χ2v) is 13.5. The molecule has 216 valence electrons. The first-order valence-corrected chi connectivity index (χ1v) is 17.3. The molecule has 4 aromatic rings. The summed E-state index contributed by atoms with van der Waals surface area (Å²) in [5, 5.41) is 11.2. The van der Waals surface area contributed by atoms with E-state index in [9.17, 15) is 9.90 Å². The molecule has 41 heavy (non-hydrogen) atoms. The van der Waals surface area contributed by atoms with Crippen molar-refractivity contribution >= 4 is 40.3 Å². The number of aldehydes is 1. The molecule has 0 bridgehead atoms. The zero-order valence-electron chi connectivity index (χ0n) is 24.2. The normalized spacial score (nSPS) is 10.9. The number of carbonyl (C=O) groups is 1. The quantitative estimate of drug-likeness (QED) is 0.0786. The highest BCUT2D eigenvalue weighted by atomic mass is 32.1. The van der Waals surface area contributed by atoms with Crippen molar-refractivity contribution in [1.82, 2.24) is 0 Å². The third kappa shape index (κ3) is 9.07. The lowest BCUT2D eigenvalue weighted by Gasteiger charge is -2.14. The van der Waals surface area contributed by atoms with E-state index in [0.717, 1.165) is 73.2 Å². The minimum absolute atomic E-state index is 0.232. The van der Waals surface area contributed by atoms with Crippen molar-refractivity contribution in [1.29, 1.82) is 0 Å². The molecule has 6 heteroatoms. The van der Waals surface area contributed by atoms with Gasteiger partial charge < -0.3 is 9.84 Å². The first kappa shape index (κ1) is 31.1. The van der Waals surface area contributed by atoms with Gasteiger partial charge in [0.15, 0.2) is 6.29 Å². The van der Waals surface area contributed by atoms with Gasteiger partial charge in [0.2, 0.25) is 0 Å². The van der Waals surface area contributed by atoms with Gasteiger partial charge in [-0.1, -0.05) is 77.1 Å². The van der Waals surface area contributed by atoms with E-state index in [-0.39, 0.29) is 5.75 Å². The van der Waals surface area contributed by atoms with E-state index in [2.05, 4.69) is 43.9 Å². The summed E-state index contributed by atoms with van der Waals surface area (Å²) in [6.45, 7) is 5.10. The first-order chi connectivity index (χ1) is 20.1. The van der Waals surface area contributed by atoms with Crippen LogP contribution in [0.1, 0.15) is 99.0 Å². The fourth-order valence-corrected chi connectivity index (χ4v) is 7.49. The Morgan fingerprint density at radius 2 is 1.39 bits per heavy atom. The van der Waals surface area contributed by atoms with Crippen molar-refractivity contribution < 1.29 is 14.6 Å². The molecular formula is C35H40O3S3. The van der Waals surface area contributed by atoms with Crippen molar-refractivity contribution in [2.24, 2.45) is 0 Å². The number of hydrogen-bond acceptors (Lipinski definition) is 6. The summed E-state index contributed by atoms with van der Waals surface area (Å²) in [6.07, 6.45) is 14.0. The Morgan fingerprint density at radius 1 is 0.732 bits per heavy atom. The fourth-order valence-electron chi connectivity index (χ4n) is 4.65. The topological polar surface area (TPSA) is 46.5 Å².